The molecule has 3 N–H and O–H groups in total. The van der Waals surface area contributed by atoms with Crippen molar-refractivity contribution < 1.29 is 19.2 Å². The number of imide groups is 1. The number of carbonyl (C=O) groups is 4. The normalized spacial score (nSPS) is 19.1. The van der Waals surface area contributed by atoms with Crippen LogP contribution in [0.1, 0.15) is 59.4 Å². The van der Waals surface area contributed by atoms with Gasteiger partial charge in [-0.1, -0.05) is 38.1 Å². The van der Waals surface area contributed by atoms with E-state index in [4.69, 9.17) is 5.73 Å². The molecule has 1 saturated heterocycles. The molecule has 2 unspecified atom stereocenters. The lowest BCUT2D eigenvalue weighted by Crippen LogP contribution is -2.47. The quantitative estimate of drug-likeness (QED) is 0.569. The fraction of sp³-hybridized carbons (Fsp3) is 0.407. The van der Waals surface area contributed by atoms with Crippen molar-refractivity contribution >= 4 is 29.3 Å². The number of amides is 4. The van der Waals surface area contributed by atoms with Crippen LogP contribution in [0.3, 0.4) is 0 Å². The molecule has 0 saturated carbocycles. The molecule has 8 nitrogen and oxygen atoms in total. The van der Waals surface area contributed by atoms with E-state index in [1.807, 2.05) is 38.1 Å². The van der Waals surface area contributed by atoms with Crippen molar-refractivity contribution in [3.8, 4) is 0 Å². The van der Waals surface area contributed by atoms with E-state index in [0.29, 0.717) is 36.3 Å². The van der Waals surface area contributed by atoms with Crippen molar-refractivity contribution in [2.45, 2.75) is 45.7 Å². The standard InChI is InChI=1S/C27H32N4O4/c1-17(2)14-23(31-26(34)21-7-3-4-8-22(21)27(31)35)25(33)29-20-11-9-18(10-12-20)15-30-13-5-6-19(16-30)24(28)32/h3-4,7-12,17,19,23H,5-6,13-16H2,1-2H3,(H2,28,32)(H,29,33). The smallest absolute Gasteiger partial charge is 0.262 e. The Morgan fingerprint density at radius 2 is 1.66 bits per heavy atom. The number of primary amides is 1. The first-order valence-corrected chi connectivity index (χ1v) is 12.1. The number of hydrogen-bond donors (Lipinski definition) is 2. The van der Waals surface area contributed by atoms with E-state index in [0.717, 1.165) is 29.8 Å². The van der Waals surface area contributed by atoms with Gasteiger partial charge in [-0.3, -0.25) is 29.0 Å². The lowest BCUT2D eigenvalue weighted by molar-refractivity contribution is -0.123. The molecule has 2 aromatic rings. The lowest BCUT2D eigenvalue weighted by Gasteiger charge is -2.31. The number of hydrogen-bond acceptors (Lipinski definition) is 5. The molecule has 184 valence electrons. The van der Waals surface area contributed by atoms with Gasteiger partial charge in [0.15, 0.2) is 0 Å². The molecule has 0 aliphatic carbocycles. The van der Waals surface area contributed by atoms with E-state index in [2.05, 4.69) is 10.2 Å². The molecule has 35 heavy (non-hydrogen) atoms. The highest BCUT2D eigenvalue weighted by atomic mass is 16.2. The molecule has 0 radical (unpaired) electrons. The number of anilines is 1. The molecule has 1 fully saturated rings. The molecule has 4 rings (SSSR count). The maximum Gasteiger partial charge on any atom is 0.262 e. The zero-order chi connectivity index (χ0) is 25.1. The minimum absolute atomic E-state index is 0.103. The zero-order valence-electron chi connectivity index (χ0n) is 20.2. The average Bonchev–Trinajstić information content (AvgIpc) is 3.09. The number of benzene rings is 2. The lowest BCUT2D eigenvalue weighted by atomic mass is 9.97. The van der Waals surface area contributed by atoms with Gasteiger partial charge < -0.3 is 11.1 Å². The summed E-state index contributed by atoms with van der Waals surface area (Å²) in [5.74, 6) is -1.51. The Morgan fingerprint density at radius 3 is 2.23 bits per heavy atom. The third kappa shape index (κ3) is 5.43. The van der Waals surface area contributed by atoms with Crippen LogP contribution < -0.4 is 11.1 Å². The molecule has 4 amide bonds. The fourth-order valence-corrected chi connectivity index (χ4v) is 4.88. The van der Waals surface area contributed by atoms with E-state index in [1.54, 1.807) is 24.3 Å². The van der Waals surface area contributed by atoms with Crippen LogP contribution in [-0.4, -0.2) is 52.6 Å². The number of piperidine rings is 1. The number of carbonyl (C=O) groups excluding carboxylic acids is 4. The topological polar surface area (TPSA) is 113 Å². The van der Waals surface area contributed by atoms with Gasteiger partial charge in [0.2, 0.25) is 11.8 Å². The van der Waals surface area contributed by atoms with Gasteiger partial charge in [0, 0.05) is 18.8 Å². The first-order chi connectivity index (χ1) is 16.7. The van der Waals surface area contributed by atoms with Crippen LogP contribution in [0.5, 0.6) is 0 Å². The summed E-state index contributed by atoms with van der Waals surface area (Å²) in [6, 6.07) is 13.3. The number of rotatable bonds is 8. The fourth-order valence-electron chi connectivity index (χ4n) is 4.88. The highest BCUT2D eigenvalue weighted by Crippen LogP contribution is 2.28. The maximum absolute atomic E-state index is 13.3. The van der Waals surface area contributed by atoms with Crippen molar-refractivity contribution in [1.29, 1.82) is 0 Å². The van der Waals surface area contributed by atoms with Gasteiger partial charge >= 0.3 is 0 Å². The molecule has 0 bridgehead atoms. The van der Waals surface area contributed by atoms with Gasteiger partial charge in [-0.25, -0.2) is 0 Å². The summed E-state index contributed by atoms with van der Waals surface area (Å²) >= 11 is 0. The Bertz CT molecular complexity index is 1090. The number of nitrogens with one attached hydrogen (secondary N) is 1. The van der Waals surface area contributed by atoms with Crippen LogP contribution in [-0.2, 0) is 16.1 Å². The summed E-state index contributed by atoms with van der Waals surface area (Å²) in [5.41, 5.74) is 7.80. The molecule has 2 aliphatic rings. The van der Waals surface area contributed by atoms with E-state index in [9.17, 15) is 19.2 Å². The first kappa shape index (κ1) is 24.6. The van der Waals surface area contributed by atoms with Crippen LogP contribution in [0.25, 0.3) is 0 Å². The summed E-state index contributed by atoms with van der Waals surface area (Å²) in [6.45, 7) is 6.18. The minimum atomic E-state index is -0.902. The van der Waals surface area contributed by atoms with Crippen LogP contribution in [0.15, 0.2) is 48.5 Å². The van der Waals surface area contributed by atoms with Crippen LogP contribution in [0.4, 0.5) is 5.69 Å². The van der Waals surface area contributed by atoms with E-state index >= 15 is 0 Å². The third-order valence-electron chi connectivity index (χ3n) is 6.67. The predicted octanol–water partition coefficient (Wildman–Crippen LogP) is 3.03. The Kier molecular flexibility index (Phi) is 7.31. The van der Waals surface area contributed by atoms with Gasteiger partial charge in [-0.15, -0.1) is 0 Å². The van der Waals surface area contributed by atoms with E-state index in [-0.39, 0.29) is 23.7 Å². The summed E-state index contributed by atoms with van der Waals surface area (Å²) in [5, 5.41) is 2.89. The molecule has 0 spiro atoms. The van der Waals surface area contributed by atoms with Crippen molar-refractivity contribution in [2.75, 3.05) is 18.4 Å². The van der Waals surface area contributed by atoms with Gasteiger partial charge in [0.05, 0.1) is 17.0 Å². The Morgan fingerprint density at radius 1 is 1.03 bits per heavy atom. The summed E-state index contributed by atoms with van der Waals surface area (Å²) in [6.07, 6.45) is 2.14. The summed E-state index contributed by atoms with van der Waals surface area (Å²) in [4.78, 5) is 54.1. The van der Waals surface area contributed by atoms with Gasteiger partial charge in [0.25, 0.3) is 11.8 Å². The van der Waals surface area contributed by atoms with Crippen molar-refractivity contribution in [3.05, 3.63) is 65.2 Å². The minimum Gasteiger partial charge on any atom is -0.369 e. The third-order valence-corrected chi connectivity index (χ3v) is 6.67. The Hall–Kier alpha value is -3.52. The molecule has 8 heteroatoms. The summed E-state index contributed by atoms with van der Waals surface area (Å²) in [7, 11) is 0. The zero-order valence-corrected chi connectivity index (χ0v) is 20.2. The molecule has 2 heterocycles. The van der Waals surface area contributed by atoms with Crippen molar-refractivity contribution in [3.63, 3.8) is 0 Å². The average molecular weight is 477 g/mol. The predicted molar refractivity (Wildman–Crippen MR) is 132 cm³/mol. The van der Waals surface area contributed by atoms with Crippen LogP contribution in [0.2, 0.25) is 0 Å². The molecular formula is C27H32N4O4. The molecule has 2 aromatic carbocycles. The molecule has 0 aromatic heterocycles. The van der Waals surface area contributed by atoms with E-state index in [1.165, 1.54) is 0 Å². The number of fused-ring (bicyclic) bond motifs is 1. The van der Waals surface area contributed by atoms with Crippen LogP contribution in [0, 0.1) is 11.8 Å². The summed E-state index contributed by atoms with van der Waals surface area (Å²) < 4.78 is 0. The number of likely N-dealkylation sites (tertiary alicyclic amines) is 1. The largest absolute Gasteiger partial charge is 0.369 e. The van der Waals surface area contributed by atoms with Crippen molar-refractivity contribution in [1.82, 2.24) is 9.80 Å². The van der Waals surface area contributed by atoms with E-state index < -0.39 is 17.9 Å². The van der Waals surface area contributed by atoms with Gasteiger partial charge in [-0.05, 0) is 61.6 Å². The van der Waals surface area contributed by atoms with Gasteiger partial charge in [0.1, 0.15) is 6.04 Å². The molecule has 2 atom stereocenters. The first-order valence-electron chi connectivity index (χ1n) is 12.1. The number of nitrogens with two attached hydrogens (primary N) is 1. The van der Waals surface area contributed by atoms with Gasteiger partial charge in [-0.2, -0.15) is 0 Å². The maximum atomic E-state index is 13.3. The second kappa shape index (κ2) is 10.4. The Balaban J connectivity index is 1.44. The second-order valence-corrected chi connectivity index (χ2v) is 9.83. The highest BCUT2D eigenvalue weighted by Gasteiger charge is 2.42. The molecular weight excluding hydrogens is 444 g/mol. The van der Waals surface area contributed by atoms with Crippen LogP contribution >= 0.6 is 0 Å². The second-order valence-electron chi connectivity index (χ2n) is 9.83. The van der Waals surface area contributed by atoms with Crippen molar-refractivity contribution in [2.24, 2.45) is 17.6 Å². The SMILES string of the molecule is CC(C)CC(C(=O)Nc1ccc(CN2CCCC(C(N)=O)C2)cc1)N1C(=O)c2ccccc2C1=O. The monoisotopic (exact) mass is 476 g/mol. The molecule has 2 aliphatic heterocycles. The highest BCUT2D eigenvalue weighted by molar-refractivity contribution is 6.23. The Labute approximate surface area is 205 Å². The number of nitrogens with zero attached hydrogens (tertiary/aromatic N) is 2.